The molecule has 5 rings (SSSR count). The molecule has 8 nitrogen and oxygen atoms in total. The van der Waals surface area contributed by atoms with Gasteiger partial charge in [-0.2, -0.15) is 4.98 Å². The highest BCUT2D eigenvalue weighted by Crippen LogP contribution is 2.40. The molecule has 1 unspecified atom stereocenters. The molecule has 3 aromatic rings. The average Bonchev–Trinajstić information content (AvgIpc) is 3.10. The van der Waals surface area contributed by atoms with E-state index in [-0.39, 0.29) is 12.6 Å². The largest absolute Gasteiger partial charge is 0.490 e. The quantitative estimate of drug-likeness (QED) is 0.407. The second kappa shape index (κ2) is 9.80. The molecule has 0 aliphatic carbocycles. The lowest BCUT2D eigenvalue weighted by molar-refractivity contribution is -0.139. The summed E-state index contributed by atoms with van der Waals surface area (Å²) in [7, 11) is 0. The number of carbonyl (C=O) groups is 1. The number of carbonyl (C=O) groups excluding carboxylic acids is 1. The van der Waals surface area contributed by atoms with Crippen molar-refractivity contribution in [1.29, 1.82) is 0 Å². The Hall–Kier alpha value is -3.46. The molecule has 1 N–H and O–H groups in total. The summed E-state index contributed by atoms with van der Waals surface area (Å²) in [6.45, 7) is 5.13. The molecule has 0 saturated carbocycles. The summed E-state index contributed by atoms with van der Waals surface area (Å²) in [4.78, 5) is 17.7. The van der Waals surface area contributed by atoms with Gasteiger partial charge in [0.25, 0.3) is 0 Å². The number of nitrogens with one attached hydrogen (secondary N) is 1. The van der Waals surface area contributed by atoms with Crippen molar-refractivity contribution in [2.75, 3.05) is 25.1 Å². The minimum Gasteiger partial charge on any atom is -0.490 e. The zero-order valence-corrected chi connectivity index (χ0v) is 19.9. The number of thioether (sulfide) groups is 1. The van der Waals surface area contributed by atoms with Crippen molar-refractivity contribution in [3.63, 3.8) is 0 Å². The summed E-state index contributed by atoms with van der Waals surface area (Å²) < 4.78 is 18.9. The fourth-order valence-electron chi connectivity index (χ4n) is 4.05. The van der Waals surface area contributed by atoms with Gasteiger partial charge in [0.15, 0.2) is 11.5 Å². The van der Waals surface area contributed by atoms with E-state index in [0.29, 0.717) is 47.1 Å². The van der Waals surface area contributed by atoms with Gasteiger partial charge >= 0.3 is 5.97 Å². The number of allylic oxidation sites excluding steroid dienone is 1. The molecular formula is C25H26N4O4S. The topological polar surface area (TPSA) is 87.5 Å². The Morgan fingerprint density at radius 3 is 2.76 bits per heavy atom. The number of fused-ring (bicyclic) bond motifs is 2. The number of hydrogen-bond acceptors (Lipinski definition) is 8. The highest BCUT2D eigenvalue weighted by atomic mass is 32.2. The van der Waals surface area contributed by atoms with E-state index in [1.165, 1.54) is 5.56 Å². The molecule has 9 heteroatoms. The summed E-state index contributed by atoms with van der Waals surface area (Å²) in [5.41, 5.74) is 3.22. The van der Waals surface area contributed by atoms with Crippen molar-refractivity contribution in [3.05, 3.63) is 70.9 Å². The van der Waals surface area contributed by atoms with Crippen LogP contribution in [0.2, 0.25) is 0 Å². The first-order valence-electron chi connectivity index (χ1n) is 11.3. The fraction of sp³-hybridized carbons (Fsp3) is 0.320. The van der Waals surface area contributed by atoms with Gasteiger partial charge in [0.2, 0.25) is 11.1 Å². The molecular weight excluding hydrogens is 452 g/mol. The van der Waals surface area contributed by atoms with Crippen LogP contribution in [0, 0.1) is 0 Å². The van der Waals surface area contributed by atoms with Gasteiger partial charge in [-0.1, -0.05) is 48.2 Å². The minimum absolute atomic E-state index is 0.284. The maximum atomic E-state index is 13.0. The molecule has 2 aliphatic heterocycles. The van der Waals surface area contributed by atoms with E-state index < -0.39 is 6.04 Å². The molecule has 34 heavy (non-hydrogen) atoms. The zero-order chi connectivity index (χ0) is 23.5. The Bertz CT molecular complexity index is 1220. The zero-order valence-electron chi connectivity index (χ0n) is 19.1. The predicted molar refractivity (Wildman–Crippen MR) is 129 cm³/mol. The van der Waals surface area contributed by atoms with Crippen LogP contribution in [0.1, 0.15) is 37.4 Å². The van der Waals surface area contributed by atoms with Gasteiger partial charge in [0.05, 0.1) is 25.4 Å². The van der Waals surface area contributed by atoms with E-state index in [1.807, 2.05) is 43.3 Å². The molecule has 1 atom stereocenters. The third-order valence-electron chi connectivity index (χ3n) is 5.63. The van der Waals surface area contributed by atoms with Crippen molar-refractivity contribution in [2.24, 2.45) is 0 Å². The number of benzene rings is 2. The van der Waals surface area contributed by atoms with E-state index in [2.05, 4.69) is 17.4 Å². The molecule has 3 heterocycles. The second-order valence-electron chi connectivity index (χ2n) is 7.98. The molecule has 2 aromatic carbocycles. The number of rotatable bonds is 6. The third-order valence-corrected chi connectivity index (χ3v) is 6.54. The summed E-state index contributed by atoms with van der Waals surface area (Å²) in [6, 6.07) is 15.4. The smallest absolute Gasteiger partial charge is 0.338 e. The van der Waals surface area contributed by atoms with Crippen LogP contribution in [-0.4, -0.2) is 40.6 Å². The summed E-state index contributed by atoms with van der Waals surface area (Å²) >= 11 is 1.55. The van der Waals surface area contributed by atoms with Crippen molar-refractivity contribution in [1.82, 2.24) is 14.8 Å². The van der Waals surface area contributed by atoms with Gasteiger partial charge in [-0.15, -0.1) is 5.10 Å². The first kappa shape index (κ1) is 22.3. The molecule has 0 amide bonds. The molecule has 0 saturated heterocycles. The maximum Gasteiger partial charge on any atom is 0.338 e. The average molecular weight is 479 g/mol. The van der Waals surface area contributed by atoms with Gasteiger partial charge in [-0.05, 0) is 37.1 Å². The Morgan fingerprint density at radius 1 is 1.18 bits per heavy atom. The highest BCUT2D eigenvalue weighted by Gasteiger charge is 2.35. The van der Waals surface area contributed by atoms with E-state index in [4.69, 9.17) is 24.3 Å². The van der Waals surface area contributed by atoms with Crippen LogP contribution < -0.4 is 14.8 Å². The van der Waals surface area contributed by atoms with E-state index in [1.54, 1.807) is 23.4 Å². The van der Waals surface area contributed by atoms with Crippen molar-refractivity contribution >= 4 is 23.7 Å². The van der Waals surface area contributed by atoms with Gasteiger partial charge in [-0.25, -0.2) is 9.48 Å². The van der Waals surface area contributed by atoms with Crippen LogP contribution in [0.3, 0.4) is 0 Å². The molecule has 1 aromatic heterocycles. The van der Waals surface area contributed by atoms with Crippen LogP contribution >= 0.6 is 11.8 Å². The van der Waals surface area contributed by atoms with Crippen LogP contribution in [-0.2, 0) is 15.3 Å². The summed E-state index contributed by atoms with van der Waals surface area (Å²) in [5.74, 6) is 2.31. The third kappa shape index (κ3) is 4.48. The maximum absolute atomic E-state index is 13.0. The molecule has 0 spiro atoms. The molecule has 0 radical (unpaired) electrons. The van der Waals surface area contributed by atoms with Gasteiger partial charge in [0, 0.05) is 17.9 Å². The standard InChI is InChI=1S/C25H26N4O4S/c1-3-31-23(30)21-16(2)26-24-27-25(34-15-17-8-5-4-6-9-17)28-29(24)22(21)18-10-11-19-20(14-18)33-13-7-12-32-19/h4-6,8-11,14,22H,3,7,12-13,15H2,1-2H3,(H,26,27,28). The van der Waals surface area contributed by atoms with Gasteiger partial charge < -0.3 is 19.5 Å². The highest BCUT2D eigenvalue weighted by molar-refractivity contribution is 7.98. The van der Waals surface area contributed by atoms with Crippen LogP contribution in [0.25, 0.3) is 0 Å². The molecule has 0 bridgehead atoms. The van der Waals surface area contributed by atoms with E-state index in [0.717, 1.165) is 17.7 Å². The molecule has 0 fully saturated rings. The Labute approximate surface area is 202 Å². The van der Waals surface area contributed by atoms with Crippen molar-refractivity contribution < 1.29 is 19.0 Å². The first-order chi connectivity index (χ1) is 16.6. The number of anilines is 1. The normalized spacial score (nSPS) is 16.9. The summed E-state index contributed by atoms with van der Waals surface area (Å²) in [5, 5.41) is 8.64. The first-order valence-corrected chi connectivity index (χ1v) is 12.3. The van der Waals surface area contributed by atoms with Crippen LogP contribution in [0.5, 0.6) is 11.5 Å². The van der Waals surface area contributed by atoms with E-state index in [9.17, 15) is 4.79 Å². The van der Waals surface area contributed by atoms with E-state index >= 15 is 0 Å². The number of ether oxygens (including phenoxy) is 3. The van der Waals surface area contributed by atoms with Crippen molar-refractivity contribution in [3.8, 4) is 11.5 Å². The monoisotopic (exact) mass is 478 g/mol. The number of aromatic nitrogens is 3. The van der Waals surface area contributed by atoms with Crippen molar-refractivity contribution in [2.45, 2.75) is 37.2 Å². The lowest BCUT2D eigenvalue weighted by atomic mass is 9.95. The Kier molecular flexibility index (Phi) is 6.44. The second-order valence-corrected chi connectivity index (χ2v) is 8.92. The number of esters is 1. The van der Waals surface area contributed by atoms with Crippen LogP contribution in [0.15, 0.2) is 65.0 Å². The Morgan fingerprint density at radius 2 is 1.97 bits per heavy atom. The lowest BCUT2D eigenvalue weighted by Crippen LogP contribution is -2.29. The predicted octanol–water partition coefficient (Wildman–Crippen LogP) is 4.58. The fourth-order valence-corrected chi connectivity index (χ4v) is 4.83. The van der Waals surface area contributed by atoms with Gasteiger partial charge in [0.1, 0.15) is 6.04 Å². The number of hydrogen-bond donors (Lipinski definition) is 1. The lowest BCUT2D eigenvalue weighted by Gasteiger charge is -2.28. The minimum atomic E-state index is -0.508. The molecule has 176 valence electrons. The SMILES string of the molecule is CCOC(=O)C1=C(C)Nc2nc(SCc3ccccc3)nn2C1c1ccc2c(c1)OCCCO2. The van der Waals surface area contributed by atoms with Gasteiger partial charge in [-0.3, -0.25) is 0 Å². The number of nitrogens with zero attached hydrogens (tertiary/aromatic N) is 3. The Balaban J connectivity index is 1.52. The van der Waals surface area contributed by atoms with Crippen LogP contribution in [0.4, 0.5) is 5.95 Å². The molecule has 2 aliphatic rings. The summed E-state index contributed by atoms with van der Waals surface area (Å²) in [6.07, 6.45) is 0.819.